The highest BCUT2D eigenvalue weighted by molar-refractivity contribution is 7.86. The topological polar surface area (TPSA) is 75.7 Å². The van der Waals surface area contributed by atoms with Gasteiger partial charge in [0.2, 0.25) is 0 Å². The lowest BCUT2D eigenvalue weighted by atomic mass is 10.1. The quantitative estimate of drug-likeness (QED) is 0.740. The zero-order chi connectivity index (χ0) is 18.5. The Morgan fingerprint density at radius 1 is 1.33 bits per heavy atom. The van der Waals surface area contributed by atoms with Crippen molar-refractivity contribution in [3.8, 4) is 5.75 Å². The Morgan fingerprint density at radius 3 is 2.46 bits per heavy atom. The molecule has 0 aromatic heterocycles. The summed E-state index contributed by atoms with van der Waals surface area (Å²) in [6.07, 6.45) is 1.73. The average molecular weight is 377 g/mol. The van der Waals surface area contributed by atoms with Crippen molar-refractivity contribution in [3.63, 3.8) is 0 Å². The lowest BCUT2D eigenvalue weighted by Gasteiger charge is -2.30. The summed E-state index contributed by atoms with van der Waals surface area (Å²) < 4.78 is 27.9. The highest BCUT2D eigenvalue weighted by Gasteiger charge is 2.22. The number of hydrogen-bond acceptors (Lipinski definition) is 4. The monoisotopic (exact) mass is 376 g/mol. The van der Waals surface area contributed by atoms with E-state index < -0.39 is 10.1 Å². The van der Waals surface area contributed by atoms with Gasteiger partial charge in [0.15, 0.2) is 0 Å². The molecule has 0 aliphatic heterocycles. The summed E-state index contributed by atoms with van der Waals surface area (Å²) in [4.78, 5) is 14.1. The van der Waals surface area contributed by atoms with Crippen LogP contribution in [0, 0.1) is 0 Å². The minimum atomic E-state index is -3.68. The first kappa shape index (κ1) is 20.6. The molecule has 0 spiro atoms. The highest BCUT2D eigenvalue weighted by atomic mass is 35.5. The van der Waals surface area contributed by atoms with Crippen LogP contribution in [0.1, 0.15) is 39.7 Å². The van der Waals surface area contributed by atoms with Gasteiger partial charge in [-0.05, 0) is 45.4 Å². The minimum Gasteiger partial charge on any atom is -0.382 e. The molecule has 0 saturated carbocycles. The van der Waals surface area contributed by atoms with Gasteiger partial charge in [-0.2, -0.15) is 8.42 Å². The SMILES string of the molecule is CC[C@H](C)N(Cc1cc(Cl)ccc1OS(C)(=O)=O)C(=O)NC(C)C. The summed E-state index contributed by atoms with van der Waals surface area (Å²) in [6.45, 7) is 7.86. The molecular weight excluding hydrogens is 352 g/mol. The Morgan fingerprint density at radius 2 is 1.96 bits per heavy atom. The number of benzene rings is 1. The molecule has 136 valence electrons. The van der Waals surface area contributed by atoms with Gasteiger partial charge in [-0.3, -0.25) is 0 Å². The molecule has 0 aliphatic carbocycles. The maximum atomic E-state index is 12.5. The number of rotatable bonds is 7. The van der Waals surface area contributed by atoms with Gasteiger partial charge in [-0.25, -0.2) is 4.79 Å². The predicted octanol–water partition coefficient (Wildman–Crippen LogP) is 3.40. The maximum Gasteiger partial charge on any atom is 0.318 e. The molecule has 1 atom stereocenters. The van der Waals surface area contributed by atoms with Crippen LogP contribution >= 0.6 is 11.6 Å². The largest absolute Gasteiger partial charge is 0.382 e. The van der Waals surface area contributed by atoms with Gasteiger partial charge >= 0.3 is 16.1 Å². The summed E-state index contributed by atoms with van der Waals surface area (Å²) in [5, 5.41) is 3.30. The van der Waals surface area contributed by atoms with Gasteiger partial charge in [0, 0.05) is 22.7 Å². The number of amides is 2. The van der Waals surface area contributed by atoms with E-state index in [1.165, 1.54) is 6.07 Å². The third kappa shape index (κ3) is 6.57. The molecule has 2 amide bonds. The fourth-order valence-electron chi connectivity index (χ4n) is 2.08. The van der Waals surface area contributed by atoms with Crippen LogP contribution in [0.25, 0.3) is 0 Å². The molecule has 6 nitrogen and oxygen atoms in total. The van der Waals surface area contributed by atoms with E-state index in [2.05, 4.69) is 5.32 Å². The first-order valence-corrected chi connectivity index (χ1v) is 9.98. The van der Waals surface area contributed by atoms with Gasteiger partial charge in [-0.15, -0.1) is 0 Å². The van der Waals surface area contributed by atoms with Crippen LogP contribution in [0.5, 0.6) is 5.75 Å². The van der Waals surface area contributed by atoms with Gasteiger partial charge in [-0.1, -0.05) is 18.5 Å². The third-order valence-corrected chi connectivity index (χ3v) is 4.12. The van der Waals surface area contributed by atoms with Crippen LogP contribution in [0.4, 0.5) is 4.79 Å². The number of halogens is 1. The number of hydrogen-bond donors (Lipinski definition) is 1. The molecule has 8 heteroatoms. The Labute approximate surface area is 149 Å². The number of carbonyl (C=O) groups is 1. The van der Waals surface area contributed by atoms with E-state index >= 15 is 0 Å². The molecule has 0 aliphatic rings. The van der Waals surface area contributed by atoms with Gasteiger partial charge < -0.3 is 14.4 Å². The molecule has 0 saturated heterocycles. The first-order valence-electron chi connectivity index (χ1n) is 7.78. The lowest BCUT2D eigenvalue weighted by Crippen LogP contribution is -2.46. The Bertz CT molecular complexity index is 677. The maximum absolute atomic E-state index is 12.5. The van der Waals surface area contributed by atoms with Crippen molar-refractivity contribution in [2.24, 2.45) is 0 Å². The Hall–Kier alpha value is -1.47. The zero-order valence-electron chi connectivity index (χ0n) is 14.7. The van der Waals surface area contributed by atoms with E-state index in [1.807, 2.05) is 27.7 Å². The van der Waals surface area contributed by atoms with Crippen molar-refractivity contribution in [1.29, 1.82) is 0 Å². The Kier molecular flexibility index (Phi) is 7.35. The summed E-state index contributed by atoms with van der Waals surface area (Å²) in [5.74, 6) is 0.174. The minimum absolute atomic E-state index is 0.00448. The summed E-state index contributed by atoms with van der Waals surface area (Å²) >= 11 is 6.02. The fraction of sp³-hybridized carbons (Fsp3) is 0.562. The smallest absolute Gasteiger partial charge is 0.318 e. The van der Waals surface area contributed by atoms with E-state index in [-0.39, 0.29) is 30.4 Å². The molecule has 0 bridgehead atoms. The van der Waals surface area contributed by atoms with Crippen molar-refractivity contribution in [1.82, 2.24) is 10.2 Å². The van der Waals surface area contributed by atoms with Gasteiger partial charge in [0.1, 0.15) is 5.75 Å². The van der Waals surface area contributed by atoms with Crippen molar-refractivity contribution >= 4 is 27.8 Å². The summed E-state index contributed by atoms with van der Waals surface area (Å²) in [7, 11) is -3.68. The second-order valence-electron chi connectivity index (χ2n) is 6.03. The molecule has 0 radical (unpaired) electrons. The van der Waals surface area contributed by atoms with Crippen LogP contribution in [0.2, 0.25) is 5.02 Å². The third-order valence-electron chi connectivity index (χ3n) is 3.40. The molecule has 1 aromatic carbocycles. The fourth-order valence-corrected chi connectivity index (χ4v) is 2.76. The van der Waals surface area contributed by atoms with Crippen LogP contribution < -0.4 is 9.50 Å². The number of nitrogens with zero attached hydrogens (tertiary/aromatic N) is 1. The van der Waals surface area contributed by atoms with Gasteiger partial charge in [0.25, 0.3) is 0 Å². The van der Waals surface area contributed by atoms with E-state index in [1.54, 1.807) is 17.0 Å². The zero-order valence-corrected chi connectivity index (χ0v) is 16.2. The van der Waals surface area contributed by atoms with E-state index in [4.69, 9.17) is 15.8 Å². The normalized spacial score (nSPS) is 12.8. The van der Waals surface area contributed by atoms with Crippen LogP contribution in [-0.2, 0) is 16.7 Å². The Balaban J connectivity index is 3.17. The molecule has 1 aromatic rings. The molecule has 0 fully saturated rings. The molecule has 0 unspecified atom stereocenters. The second kappa shape index (κ2) is 8.58. The predicted molar refractivity (Wildman–Crippen MR) is 95.9 cm³/mol. The summed E-state index contributed by atoms with van der Waals surface area (Å²) in [5.41, 5.74) is 0.534. The van der Waals surface area contributed by atoms with Crippen molar-refractivity contribution in [2.75, 3.05) is 6.26 Å². The molecule has 1 rings (SSSR count). The van der Waals surface area contributed by atoms with Crippen LogP contribution in [-0.4, -0.2) is 37.7 Å². The standard InChI is InChI=1S/C16H25ClN2O4S/c1-6-12(4)19(16(20)18-11(2)3)10-13-9-14(17)7-8-15(13)23-24(5,21)22/h7-9,11-12H,6,10H2,1-5H3,(H,18,20)/t12-/m0/s1. The lowest BCUT2D eigenvalue weighted by molar-refractivity contribution is 0.170. The molecule has 0 heterocycles. The first-order chi connectivity index (χ1) is 11.0. The summed E-state index contributed by atoms with van der Waals surface area (Å²) in [6, 6.07) is 4.40. The van der Waals surface area contributed by atoms with E-state index in [0.29, 0.717) is 10.6 Å². The number of carbonyl (C=O) groups excluding carboxylic acids is 1. The van der Waals surface area contributed by atoms with Crippen LogP contribution in [0.15, 0.2) is 18.2 Å². The average Bonchev–Trinajstić information content (AvgIpc) is 2.44. The van der Waals surface area contributed by atoms with Gasteiger partial charge in [0.05, 0.1) is 12.8 Å². The van der Waals surface area contributed by atoms with Crippen molar-refractivity contribution in [2.45, 2.75) is 52.7 Å². The number of urea groups is 1. The highest BCUT2D eigenvalue weighted by Crippen LogP contribution is 2.26. The van der Waals surface area contributed by atoms with Crippen molar-refractivity contribution in [3.05, 3.63) is 28.8 Å². The van der Waals surface area contributed by atoms with E-state index in [0.717, 1.165) is 12.7 Å². The van der Waals surface area contributed by atoms with E-state index in [9.17, 15) is 13.2 Å². The molecule has 24 heavy (non-hydrogen) atoms. The number of nitrogens with one attached hydrogen (secondary N) is 1. The second-order valence-corrected chi connectivity index (χ2v) is 8.04. The van der Waals surface area contributed by atoms with Crippen molar-refractivity contribution < 1.29 is 17.4 Å². The molecule has 1 N–H and O–H groups in total. The van der Waals surface area contributed by atoms with Crippen LogP contribution in [0.3, 0.4) is 0 Å². The molecular formula is C16H25ClN2O4S.